The van der Waals surface area contributed by atoms with Gasteiger partial charge in [-0.15, -0.1) is 11.3 Å². The molecule has 2 heterocycles. The standard InChI is InChI=1S/C17H18ClNO3S/c1-11-5-4-8-19(9-11)14(20)10-22-17(21)16-15(18)12-6-2-3-7-13(12)23-16/h2-3,6-7,11H,4-5,8-10H2,1H3/t11-/m0/s1. The van der Waals surface area contributed by atoms with Crippen molar-refractivity contribution in [2.75, 3.05) is 19.7 Å². The number of carbonyl (C=O) groups is 2. The van der Waals surface area contributed by atoms with Crippen molar-refractivity contribution in [1.82, 2.24) is 4.90 Å². The average Bonchev–Trinajstić information content (AvgIpc) is 2.90. The van der Waals surface area contributed by atoms with Crippen LogP contribution in [-0.2, 0) is 9.53 Å². The number of benzene rings is 1. The minimum Gasteiger partial charge on any atom is -0.451 e. The van der Waals surface area contributed by atoms with Crippen LogP contribution in [0.2, 0.25) is 5.02 Å². The van der Waals surface area contributed by atoms with Crippen LogP contribution in [-0.4, -0.2) is 36.5 Å². The van der Waals surface area contributed by atoms with Crippen LogP contribution >= 0.6 is 22.9 Å². The first-order chi connectivity index (χ1) is 11.1. The Morgan fingerprint density at radius 3 is 2.91 bits per heavy atom. The summed E-state index contributed by atoms with van der Waals surface area (Å²) < 4.78 is 6.12. The molecule has 0 aliphatic carbocycles. The fraction of sp³-hybridized carbons (Fsp3) is 0.412. The summed E-state index contributed by atoms with van der Waals surface area (Å²) in [6.07, 6.45) is 2.14. The highest BCUT2D eigenvalue weighted by Gasteiger charge is 2.23. The Bertz CT molecular complexity index is 743. The van der Waals surface area contributed by atoms with Crippen LogP contribution in [0.15, 0.2) is 24.3 Å². The van der Waals surface area contributed by atoms with Gasteiger partial charge in [-0.05, 0) is 24.8 Å². The number of rotatable bonds is 3. The van der Waals surface area contributed by atoms with E-state index < -0.39 is 5.97 Å². The Balaban J connectivity index is 1.64. The maximum absolute atomic E-state index is 12.2. The van der Waals surface area contributed by atoms with Crippen molar-refractivity contribution >= 4 is 44.9 Å². The van der Waals surface area contributed by atoms with E-state index in [0.717, 1.165) is 36.0 Å². The van der Waals surface area contributed by atoms with E-state index in [9.17, 15) is 9.59 Å². The number of carbonyl (C=O) groups excluding carboxylic acids is 2. The quantitative estimate of drug-likeness (QED) is 0.786. The number of hydrogen-bond donors (Lipinski definition) is 0. The first kappa shape index (κ1) is 16.3. The number of piperidine rings is 1. The van der Waals surface area contributed by atoms with E-state index in [1.165, 1.54) is 11.3 Å². The van der Waals surface area contributed by atoms with Crippen LogP contribution in [0.1, 0.15) is 29.4 Å². The fourth-order valence-corrected chi connectivity index (χ4v) is 4.25. The third kappa shape index (κ3) is 3.51. The van der Waals surface area contributed by atoms with Crippen molar-refractivity contribution in [3.8, 4) is 0 Å². The van der Waals surface area contributed by atoms with Crippen molar-refractivity contribution in [3.63, 3.8) is 0 Å². The molecule has 23 heavy (non-hydrogen) atoms. The number of thiophene rings is 1. The summed E-state index contributed by atoms with van der Waals surface area (Å²) in [4.78, 5) is 26.5. The molecular formula is C17H18ClNO3S. The maximum atomic E-state index is 12.2. The van der Waals surface area contributed by atoms with Gasteiger partial charge in [0.25, 0.3) is 5.91 Å². The van der Waals surface area contributed by atoms with E-state index in [4.69, 9.17) is 16.3 Å². The van der Waals surface area contributed by atoms with E-state index in [1.54, 1.807) is 4.90 Å². The number of esters is 1. The van der Waals surface area contributed by atoms with Gasteiger partial charge < -0.3 is 9.64 Å². The lowest BCUT2D eigenvalue weighted by Crippen LogP contribution is -2.41. The Kier molecular flexibility index (Phi) is 4.87. The number of halogens is 1. The first-order valence-corrected chi connectivity index (χ1v) is 8.87. The molecule has 122 valence electrons. The Labute approximate surface area is 144 Å². The second-order valence-corrected chi connectivity index (χ2v) is 7.33. The maximum Gasteiger partial charge on any atom is 0.350 e. The molecule has 0 saturated carbocycles. The van der Waals surface area contributed by atoms with Crippen LogP contribution in [0.4, 0.5) is 0 Å². The summed E-state index contributed by atoms with van der Waals surface area (Å²) >= 11 is 7.54. The predicted octanol–water partition coefficient (Wildman–Crippen LogP) is 3.97. The molecule has 1 atom stereocenters. The van der Waals surface area contributed by atoms with Gasteiger partial charge in [0.2, 0.25) is 0 Å². The van der Waals surface area contributed by atoms with Crippen LogP contribution in [0.3, 0.4) is 0 Å². The van der Waals surface area contributed by atoms with Crippen molar-refractivity contribution < 1.29 is 14.3 Å². The molecule has 0 unspecified atom stereocenters. The van der Waals surface area contributed by atoms with Gasteiger partial charge in [-0.3, -0.25) is 4.79 Å². The minimum atomic E-state index is -0.533. The van der Waals surface area contributed by atoms with Crippen LogP contribution < -0.4 is 0 Å². The van der Waals surface area contributed by atoms with Gasteiger partial charge >= 0.3 is 5.97 Å². The zero-order valence-corrected chi connectivity index (χ0v) is 14.5. The second-order valence-electron chi connectivity index (χ2n) is 5.90. The summed E-state index contributed by atoms with van der Waals surface area (Å²) in [5, 5.41) is 1.23. The molecule has 1 aliphatic heterocycles. The van der Waals surface area contributed by atoms with E-state index in [-0.39, 0.29) is 12.5 Å². The summed E-state index contributed by atoms with van der Waals surface area (Å²) in [6.45, 7) is 3.38. The molecule has 1 fully saturated rings. The van der Waals surface area contributed by atoms with Gasteiger partial charge in [0.05, 0.1) is 5.02 Å². The van der Waals surface area contributed by atoms with Gasteiger partial charge in [-0.25, -0.2) is 4.79 Å². The smallest absolute Gasteiger partial charge is 0.350 e. The van der Waals surface area contributed by atoms with Crippen molar-refractivity contribution in [3.05, 3.63) is 34.2 Å². The van der Waals surface area contributed by atoms with Gasteiger partial charge in [0.15, 0.2) is 6.61 Å². The van der Waals surface area contributed by atoms with E-state index in [2.05, 4.69) is 6.92 Å². The molecular weight excluding hydrogens is 334 g/mol. The topological polar surface area (TPSA) is 46.6 Å². The second kappa shape index (κ2) is 6.89. The van der Waals surface area contributed by atoms with E-state index >= 15 is 0 Å². The first-order valence-electron chi connectivity index (χ1n) is 7.68. The Morgan fingerprint density at radius 1 is 1.39 bits per heavy atom. The summed E-state index contributed by atoms with van der Waals surface area (Å²) in [7, 11) is 0. The third-order valence-corrected chi connectivity index (χ3v) is 5.71. The van der Waals surface area contributed by atoms with Crippen LogP contribution in [0.5, 0.6) is 0 Å². The molecule has 1 aliphatic rings. The predicted molar refractivity (Wildman–Crippen MR) is 92.1 cm³/mol. The normalized spacial score (nSPS) is 18.2. The number of fused-ring (bicyclic) bond motifs is 1. The molecule has 0 N–H and O–H groups in total. The molecule has 0 radical (unpaired) electrons. The molecule has 3 rings (SSSR count). The molecule has 1 aromatic carbocycles. The third-order valence-electron chi connectivity index (χ3n) is 4.06. The van der Waals surface area contributed by atoms with Crippen molar-refractivity contribution in [2.45, 2.75) is 19.8 Å². The summed E-state index contributed by atoms with van der Waals surface area (Å²) in [5.41, 5.74) is 0. The molecule has 1 saturated heterocycles. The monoisotopic (exact) mass is 351 g/mol. The lowest BCUT2D eigenvalue weighted by Gasteiger charge is -2.30. The van der Waals surface area contributed by atoms with Crippen molar-refractivity contribution in [1.29, 1.82) is 0 Å². The fourth-order valence-electron chi connectivity index (χ4n) is 2.85. The molecule has 1 aromatic heterocycles. The summed E-state index contributed by atoms with van der Waals surface area (Å²) in [5.74, 6) is -0.169. The molecule has 0 spiro atoms. The number of hydrogen-bond acceptors (Lipinski definition) is 4. The Morgan fingerprint density at radius 2 is 2.17 bits per heavy atom. The highest BCUT2D eigenvalue weighted by Crippen LogP contribution is 2.35. The number of amides is 1. The molecule has 6 heteroatoms. The van der Waals surface area contributed by atoms with Gasteiger partial charge in [0.1, 0.15) is 4.88 Å². The SMILES string of the molecule is C[C@H]1CCCN(C(=O)COC(=O)c2sc3ccccc3c2Cl)C1. The Hall–Kier alpha value is -1.59. The van der Waals surface area contributed by atoms with Crippen LogP contribution in [0.25, 0.3) is 10.1 Å². The van der Waals surface area contributed by atoms with E-state index in [0.29, 0.717) is 15.8 Å². The molecule has 0 bridgehead atoms. The minimum absolute atomic E-state index is 0.137. The number of ether oxygens (including phenoxy) is 1. The van der Waals surface area contributed by atoms with Gasteiger partial charge in [-0.1, -0.05) is 36.7 Å². The van der Waals surface area contributed by atoms with Gasteiger partial charge in [-0.2, -0.15) is 0 Å². The average molecular weight is 352 g/mol. The summed E-state index contributed by atoms with van der Waals surface area (Å²) in [6, 6.07) is 7.54. The van der Waals surface area contributed by atoms with Crippen molar-refractivity contribution in [2.24, 2.45) is 5.92 Å². The van der Waals surface area contributed by atoms with Gasteiger partial charge in [0, 0.05) is 23.2 Å². The largest absolute Gasteiger partial charge is 0.451 e. The number of nitrogens with zero attached hydrogens (tertiary/aromatic N) is 1. The van der Waals surface area contributed by atoms with Crippen LogP contribution in [0, 0.1) is 5.92 Å². The molecule has 2 aromatic rings. The lowest BCUT2D eigenvalue weighted by atomic mass is 10.0. The highest BCUT2D eigenvalue weighted by molar-refractivity contribution is 7.21. The molecule has 1 amide bonds. The zero-order chi connectivity index (χ0) is 16.4. The zero-order valence-electron chi connectivity index (χ0n) is 12.9. The lowest BCUT2D eigenvalue weighted by molar-refractivity contribution is -0.136. The molecule has 4 nitrogen and oxygen atoms in total. The number of likely N-dealkylation sites (tertiary alicyclic amines) is 1. The highest BCUT2D eigenvalue weighted by atomic mass is 35.5. The van der Waals surface area contributed by atoms with E-state index in [1.807, 2.05) is 24.3 Å².